The summed E-state index contributed by atoms with van der Waals surface area (Å²) in [6.45, 7) is 4.16. The van der Waals surface area contributed by atoms with Gasteiger partial charge in [0.15, 0.2) is 0 Å². The van der Waals surface area contributed by atoms with Gasteiger partial charge in [-0.25, -0.2) is 9.97 Å². The van der Waals surface area contributed by atoms with Gasteiger partial charge in [-0.3, -0.25) is 4.79 Å². The fourth-order valence-corrected chi connectivity index (χ4v) is 5.40. The number of aryl methyl sites for hydroxylation is 2. The van der Waals surface area contributed by atoms with Gasteiger partial charge in [0, 0.05) is 35.9 Å². The van der Waals surface area contributed by atoms with Crippen molar-refractivity contribution in [2.45, 2.75) is 45.1 Å². The monoisotopic (exact) mass is 407 g/mol. The first kappa shape index (κ1) is 18.4. The Kier molecular flexibility index (Phi) is 4.62. The van der Waals surface area contributed by atoms with Gasteiger partial charge in [0.05, 0.1) is 5.69 Å². The molecule has 1 amide bonds. The van der Waals surface area contributed by atoms with Crippen LogP contribution < -0.4 is 16.0 Å². The molecule has 29 heavy (non-hydrogen) atoms. The van der Waals surface area contributed by atoms with Crippen LogP contribution in [0, 0.1) is 6.92 Å². The Balaban J connectivity index is 1.31. The largest absolute Gasteiger partial charge is 0.397 e. The molecule has 150 valence electrons. The molecule has 7 heteroatoms. The number of nitrogens with zero attached hydrogens (tertiary/aromatic N) is 3. The maximum absolute atomic E-state index is 12.9. The van der Waals surface area contributed by atoms with E-state index < -0.39 is 0 Å². The van der Waals surface area contributed by atoms with Crippen LogP contribution in [0.2, 0.25) is 0 Å². The smallest absolute Gasteiger partial charge is 0.263 e. The van der Waals surface area contributed by atoms with Gasteiger partial charge in [-0.05, 0) is 62.8 Å². The molecule has 0 bridgehead atoms. The van der Waals surface area contributed by atoms with Crippen LogP contribution in [-0.4, -0.2) is 35.0 Å². The lowest BCUT2D eigenvalue weighted by Crippen LogP contribution is -2.39. The molecule has 0 aromatic carbocycles. The van der Waals surface area contributed by atoms with Crippen molar-refractivity contribution in [1.29, 1.82) is 0 Å². The van der Waals surface area contributed by atoms with Crippen LogP contribution in [0.3, 0.4) is 0 Å². The summed E-state index contributed by atoms with van der Waals surface area (Å²) in [5.41, 5.74) is 10.1. The fraction of sp³-hybridized carbons (Fsp3) is 0.409. The highest BCUT2D eigenvalue weighted by atomic mass is 32.1. The fourth-order valence-electron chi connectivity index (χ4n) is 4.35. The summed E-state index contributed by atoms with van der Waals surface area (Å²) in [6, 6.07) is 8.30. The zero-order chi connectivity index (χ0) is 20.0. The number of thiophene rings is 1. The predicted molar refractivity (Wildman–Crippen MR) is 118 cm³/mol. The van der Waals surface area contributed by atoms with E-state index in [-0.39, 0.29) is 11.9 Å². The van der Waals surface area contributed by atoms with E-state index in [4.69, 9.17) is 10.7 Å². The van der Waals surface area contributed by atoms with Crippen LogP contribution in [-0.2, 0) is 12.8 Å². The molecule has 0 radical (unpaired) electrons. The zero-order valence-corrected chi connectivity index (χ0v) is 17.4. The van der Waals surface area contributed by atoms with E-state index in [1.54, 1.807) is 0 Å². The van der Waals surface area contributed by atoms with E-state index in [0.717, 1.165) is 54.1 Å². The standard InChI is InChI=1S/C22H25N5OS/c1-13-4-7-16-19(23)20(29-22(16)24-13)21(28)25-15-6-8-17-14(12-15)5-9-18(26-17)27-10-2-3-11-27/h4-5,7,9,15H,2-3,6,8,10-12,23H2,1H3,(H,25,28). The Hall–Kier alpha value is -2.67. The number of rotatable bonds is 3. The lowest BCUT2D eigenvalue weighted by molar-refractivity contribution is 0.0938. The van der Waals surface area contributed by atoms with Gasteiger partial charge in [0.2, 0.25) is 0 Å². The minimum atomic E-state index is -0.0988. The van der Waals surface area contributed by atoms with Crippen molar-refractivity contribution < 1.29 is 4.79 Å². The summed E-state index contributed by atoms with van der Waals surface area (Å²) in [6.07, 6.45) is 5.12. The number of carbonyl (C=O) groups is 1. The molecule has 0 saturated carbocycles. The number of nitrogens with two attached hydrogens (primary N) is 1. The van der Waals surface area contributed by atoms with Crippen molar-refractivity contribution in [2.24, 2.45) is 0 Å². The molecule has 4 heterocycles. The SMILES string of the molecule is Cc1ccc2c(N)c(C(=O)NC3CCc4nc(N5CCCC5)ccc4C3)sc2n1. The van der Waals surface area contributed by atoms with Gasteiger partial charge in [-0.15, -0.1) is 11.3 Å². The third-order valence-corrected chi connectivity index (χ3v) is 7.07. The van der Waals surface area contributed by atoms with Crippen LogP contribution in [0.25, 0.3) is 10.2 Å². The lowest BCUT2D eigenvalue weighted by atomic mass is 9.91. The molecular weight excluding hydrogens is 382 g/mol. The van der Waals surface area contributed by atoms with Gasteiger partial charge in [0.25, 0.3) is 5.91 Å². The number of aromatic nitrogens is 2. The molecule has 3 aromatic heterocycles. The summed E-state index contributed by atoms with van der Waals surface area (Å²) in [5, 5.41) is 4.05. The molecule has 1 fully saturated rings. The van der Waals surface area contributed by atoms with Crippen LogP contribution in [0.1, 0.15) is 45.9 Å². The van der Waals surface area contributed by atoms with Crippen molar-refractivity contribution in [3.05, 3.63) is 46.1 Å². The van der Waals surface area contributed by atoms with E-state index in [1.165, 1.54) is 35.4 Å². The number of hydrogen-bond acceptors (Lipinski definition) is 6. The summed E-state index contributed by atoms with van der Waals surface area (Å²) < 4.78 is 0. The topological polar surface area (TPSA) is 84.1 Å². The number of pyridine rings is 2. The number of nitrogens with one attached hydrogen (secondary N) is 1. The average Bonchev–Trinajstić information content (AvgIpc) is 3.36. The molecule has 1 aliphatic carbocycles. The second-order valence-electron chi connectivity index (χ2n) is 8.03. The predicted octanol–water partition coefficient (Wildman–Crippen LogP) is 3.47. The normalized spacial score (nSPS) is 18.8. The first-order valence-corrected chi connectivity index (χ1v) is 11.1. The minimum absolute atomic E-state index is 0.0988. The Morgan fingerprint density at radius 3 is 2.86 bits per heavy atom. The van der Waals surface area contributed by atoms with Crippen LogP contribution >= 0.6 is 11.3 Å². The Bertz CT molecular complexity index is 1090. The lowest BCUT2D eigenvalue weighted by Gasteiger charge is -2.26. The van der Waals surface area contributed by atoms with Crippen LogP contribution in [0.5, 0.6) is 0 Å². The van der Waals surface area contributed by atoms with Gasteiger partial charge in [0.1, 0.15) is 15.5 Å². The third kappa shape index (κ3) is 3.44. The molecule has 1 aliphatic heterocycles. The number of fused-ring (bicyclic) bond motifs is 2. The van der Waals surface area contributed by atoms with E-state index in [1.807, 2.05) is 19.1 Å². The highest BCUT2D eigenvalue weighted by Crippen LogP contribution is 2.33. The Morgan fingerprint density at radius 1 is 1.21 bits per heavy atom. The zero-order valence-electron chi connectivity index (χ0n) is 16.6. The average molecular weight is 408 g/mol. The molecule has 1 saturated heterocycles. The second-order valence-corrected chi connectivity index (χ2v) is 9.03. The quantitative estimate of drug-likeness (QED) is 0.695. The molecule has 1 unspecified atom stereocenters. The van der Waals surface area contributed by atoms with Crippen LogP contribution in [0.15, 0.2) is 24.3 Å². The highest BCUT2D eigenvalue weighted by molar-refractivity contribution is 7.21. The van der Waals surface area contributed by atoms with E-state index in [0.29, 0.717) is 10.6 Å². The Labute approximate surface area is 174 Å². The molecule has 0 spiro atoms. The number of amides is 1. The third-order valence-electron chi connectivity index (χ3n) is 5.95. The van der Waals surface area contributed by atoms with Crippen molar-refractivity contribution >= 4 is 39.0 Å². The van der Waals surface area contributed by atoms with Crippen molar-refractivity contribution in [1.82, 2.24) is 15.3 Å². The molecule has 6 nitrogen and oxygen atoms in total. The van der Waals surface area contributed by atoms with Crippen molar-refractivity contribution in [3.63, 3.8) is 0 Å². The number of nitrogen functional groups attached to an aromatic ring is 1. The summed E-state index contributed by atoms with van der Waals surface area (Å²) >= 11 is 1.37. The van der Waals surface area contributed by atoms with Gasteiger partial charge < -0.3 is 16.0 Å². The molecule has 3 aromatic rings. The van der Waals surface area contributed by atoms with Gasteiger partial charge >= 0.3 is 0 Å². The second kappa shape index (κ2) is 7.30. The maximum atomic E-state index is 12.9. The van der Waals surface area contributed by atoms with Crippen LogP contribution in [0.4, 0.5) is 11.5 Å². The molecule has 1 atom stereocenters. The van der Waals surface area contributed by atoms with Crippen molar-refractivity contribution in [3.8, 4) is 0 Å². The van der Waals surface area contributed by atoms with Gasteiger partial charge in [-0.2, -0.15) is 0 Å². The first-order chi connectivity index (χ1) is 14.1. The van der Waals surface area contributed by atoms with E-state index in [2.05, 4.69) is 27.3 Å². The summed E-state index contributed by atoms with van der Waals surface area (Å²) in [5.74, 6) is 1.00. The molecule has 3 N–H and O–H groups in total. The number of hydrogen-bond donors (Lipinski definition) is 2. The molecule has 2 aliphatic rings. The number of anilines is 2. The summed E-state index contributed by atoms with van der Waals surface area (Å²) in [7, 11) is 0. The van der Waals surface area contributed by atoms with Crippen molar-refractivity contribution in [2.75, 3.05) is 23.7 Å². The van der Waals surface area contributed by atoms with Gasteiger partial charge in [-0.1, -0.05) is 6.07 Å². The number of carbonyl (C=O) groups excluding carboxylic acids is 1. The maximum Gasteiger partial charge on any atom is 0.263 e. The minimum Gasteiger partial charge on any atom is -0.397 e. The molecule has 5 rings (SSSR count). The molecular formula is C22H25N5OS. The van der Waals surface area contributed by atoms with E-state index >= 15 is 0 Å². The summed E-state index contributed by atoms with van der Waals surface area (Å²) in [4.78, 5) is 26.1. The first-order valence-electron chi connectivity index (χ1n) is 10.3. The Morgan fingerprint density at radius 2 is 2.03 bits per heavy atom. The highest BCUT2D eigenvalue weighted by Gasteiger charge is 2.25. The van der Waals surface area contributed by atoms with E-state index in [9.17, 15) is 4.79 Å².